The molecule has 0 amide bonds. The standard InChI is InChI=1S/C16H20N2/c17-15-3-1-2-12-6-7-18(16(12)15)10-14-9-11-4-5-13(14)8-11/h1-3,6-7,11,13-14H,4-5,8-10,17H2. The summed E-state index contributed by atoms with van der Waals surface area (Å²) in [6.45, 7) is 1.17. The molecule has 1 aromatic heterocycles. The van der Waals surface area contributed by atoms with Gasteiger partial charge in [-0.2, -0.15) is 0 Å². The van der Waals surface area contributed by atoms with E-state index in [9.17, 15) is 0 Å². The molecule has 0 saturated heterocycles. The van der Waals surface area contributed by atoms with E-state index in [4.69, 9.17) is 5.73 Å². The van der Waals surface area contributed by atoms with Crippen LogP contribution in [0.15, 0.2) is 30.5 Å². The zero-order valence-electron chi connectivity index (χ0n) is 10.7. The molecule has 1 heterocycles. The summed E-state index contributed by atoms with van der Waals surface area (Å²) in [5.41, 5.74) is 8.28. The van der Waals surface area contributed by atoms with Crippen molar-refractivity contribution >= 4 is 16.6 Å². The van der Waals surface area contributed by atoms with Gasteiger partial charge in [0, 0.05) is 18.1 Å². The van der Waals surface area contributed by atoms with E-state index in [1.165, 1.54) is 43.1 Å². The maximum Gasteiger partial charge on any atom is 0.0713 e. The molecule has 4 rings (SSSR count). The van der Waals surface area contributed by atoms with Gasteiger partial charge in [0.05, 0.1) is 11.2 Å². The van der Waals surface area contributed by atoms with Crippen LogP contribution in [0.4, 0.5) is 5.69 Å². The van der Waals surface area contributed by atoms with Crippen LogP contribution >= 0.6 is 0 Å². The number of nitrogen functional groups attached to an aromatic ring is 1. The van der Waals surface area contributed by atoms with E-state index in [0.717, 1.165) is 23.4 Å². The molecule has 2 fully saturated rings. The fraction of sp³-hybridized carbons (Fsp3) is 0.500. The van der Waals surface area contributed by atoms with Crippen molar-refractivity contribution in [2.24, 2.45) is 17.8 Å². The van der Waals surface area contributed by atoms with Crippen LogP contribution in [0.2, 0.25) is 0 Å². The summed E-state index contributed by atoms with van der Waals surface area (Å²) < 4.78 is 2.38. The molecule has 2 N–H and O–H groups in total. The topological polar surface area (TPSA) is 30.9 Å². The maximum atomic E-state index is 6.13. The second kappa shape index (κ2) is 3.78. The first-order chi connectivity index (χ1) is 8.81. The van der Waals surface area contributed by atoms with Crippen LogP contribution in [-0.2, 0) is 6.54 Å². The summed E-state index contributed by atoms with van der Waals surface area (Å²) >= 11 is 0. The third kappa shape index (κ3) is 1.48. The Balaban J connectivity index is 1.67. The Hall–Kier alpha value is -1.44. The molecule has 3 unspecified atom stereocenters. The zero-order valence-corrected chi connectivity index (χ0v) is 10.7. The number of para-hydroxylation sites is 1. The lowest BCUT2D eigenvalue weighted by Crippen LogP contribution is -2.17. The smallest absolute Gasteiger partial charge is 0.0713 e. The van der Waals surface area contributed by atoms with Crippen molar-refractivity contribution in [2.45, 2.75) is 32.2 Å². The van der Waals surface area contributed by atoms with Crippen LogP contribution in [0.3, 0.4) is 0 Å². The molecule has 1 aromatic carbocycles. The molecule has 2 aromatic rings. The predicted octanol–water partition coefficient (Wildman–Crippen LogP) is 3.66. The van der Waals surface area contributed by atoms with Crippen LogP contribution in [0.5, 0.6) is 0 Å². The van der Waals surface area contributed by atoms with E-state index in [1.807, 2.05) is 12.1 Å². The summed E-state index contributed by atoms with van der Waals surface area (Å²) in [6, 6.07) is 8.40. The van der Waals surface area contributed by atoms with Crippen LogP contribution in [-0.4, -0.2) is 4.57 Å². The van der Waals surface area contributed by atoms with Crippen LogP contribution in [0, 0.1) is 17.8 Å². The first kappa shape index (κ1) is 10.5. The molecule has 0 radical (unpaired) electrons. The van der Waals surface area contributed by atoms with E-state index in [2.05, 4.69) is 22.9 Å². The minimum Gasteiger partial charge on any atom is -0.397 e. The van der Waals surface area contributed by atoms with Gasteiger partial charge in [-0.15, -0.1) is 0 Å². The highest BCUT2D eigenvalue weighted by Gasteiger charge is 2.39. The van der Waals surface area contributed by atoms with Gasteiger partial charge in [0.25, 0.3) is 0 Å². The third-order valence-electron chi connectivity index (χ3n) is 5.14. The SMILES string of the molecule is Nc1cccc2ccn(CC3CC4CCC3C4)c12. The van der Waals surface area contributed by atoms with E-state index >= 15 is 0 Å². The monoisotopic (exact) mass is 240 g/mol. The lowest BCUT2D eigenvalue weighted by Gasteiger charge is -2.22. The number of rotatable bonds is 2. The lowest BCUT2D eigenvalue weighted by atomic mass is 9.89. The molecular formula is C16H20N2. The Labute approximate surface area is 108 Å². The van der Waals surface area contributed by atoms with Gasteiger partial charge in [-0.25, -0.2) is 0 Å². The molecule has 94 valence electrons. The van der Waals surface area contributed by atoms with Crippen molar-refractivity contribution in [3.05, 3.63) is 30.5 Å². The Morgan fingerprint density at radius 2 is 2.11 bits per heavy atom. The highest BCUT2D eigenvalue weighted by atomic mass is 15.0. The quantitative estimate of drug-likeness (QED) is 0.798. The van der Waals surface area contributed by atoms with Crippen molar-refractivity contribution in [2.75, 3.05) is 5.73 Å². The van der Waals surface area contributed by atoms with E-state index in [0.29, 0.717) is 0 Å². The molecule has 2 bridgehead atoms. The molecule has 0 spiro atoms. The van der Waals surface area contributed by atoms with Gasteiger partial charge in [-0.05, 0) is 49.1 Å². The fourth-order valence-electron chi connectivity index (χ4n) is 4.30. The number of hydrogen-bond donors (Lipinski definition) is 1. The van der Waals surface area contributed by atoms with Gasteiger partial charge < -0.3 is 10.3 Å². The predicted molar refractivity (Wildman–Crippen MR) is 75.3 cm³/mol. The van der Waals surface area contributed by atoms with Crippen molar-refractivity contribution in [1.82, 2.24) is 4.57 Å². The lowest BCUT2D eigenvalue weighted by molar-refractivity contribution is 0.299. The third-order valence-corrected chi connectivity index (χ3v) is 5.14. The highest BCUT2D eigenvalue weighted by molar-refractivity contribution is 5.90. The molecular weight excluding hydrogens is 220 g/mol. The van der Waals surface area contributed by atoms with E-state index in [-0.39, 0.29) is 0 Å². The molecule has 0 aliphatic heterocycles. The zero-order chi connectivity index (χ0) is 12.1. The van der Waals surface area contributed by atoms with Crippen molar-refractivity contribution in [1.29, 1.82) is 0 Å². The fourth-order valence-corrected chi connectivity index (χ4v) is 4.30. The maximum absolute atomic E-state index is 6.13. The number of hydrogen-bond acceptors (Lipinski definition) is 1. The molecule has 2 nitrogen and oxygen atoms in total. The molecule has 2 aliphatic carbocycles. The van der Waals surface area contributed by atoms with Gasteiger partial charge in [0.1, 0.15) is 0 Å². The van der Waals surface area contributed by atoms with Gasteiger partial charge in [-0.1, -0.05) is 18.6 Å². The number of nitrogens with two attached hydrogens (primary N) is 1. The Bertz CT molecular complexity index is 584. The Morgan fingerprint density at radius 3 is 2.89 bits per heavy atom. The summed E-state index contributed by atoms with van der Waals surface area (Å²) in [4.78, 5) is 0. The summed E-state index contributed by atoms with van der Waals surface area (Å²) in [6.07, 6.45) is 8.09. The number of anilines is 1. The number of aromatic nitrogens is 1. The number of fused-ring (bicyclic) bond motifs is 3. The Kier molecular flexibility index (Phi) is 2.20. The summed E-state index contributed by atoms with van der Waals surface area (Å²) in [5.74, 6) is 2.90. The van der Waals surface area contributed by atoms with Crippen LogP contribution < -0.4 is 5.73 Å². The van der Waals surface area contributed by atoms with Crippen LogP contribution in [0.25, 0.3) is 10.9 Å². The van der Waals surface area contributed by atoms with E-state index in [1.54, 1.807) is 0 Å². The second-order valence-electron chi connectivity index (χ2n) is 6.19. The summed E-state index contributed by atoms with van der Waals surface area (Å²) in [7, 11) is 0. The normalized spacial score (nSPS) is 30.3. The Morgan fingerprint density at radius 1 is 1.17 bits per heavy atom. The molecule has 18 heavy (non-hydrogen) atoms. The largest absolute Gasteiger partial charge is 0.397 e. The number of benzene rings is 1. The van der Waals surface area contributed by atoms with Gasteiger partial charge >= 0.3 is 0 Å². The number of nitrogens with zero attached hydrogens (tertiary/aromatic N) is 1. The van der Waals surface area contributed by atoms with Crippen molar-refractivity contribution < 1.29 is 0 Å². The molecule has 2 aliphatic rings. The molecule has 2 saturated carbocycles. The first-order valence-corrected chi connectivity index (χ1v) is 7.14. The average Bonchev–Trinajstić information content (AvgIpc) is 3.05. The first-order valence-electron chi connectivity index (χ1n) is 7.14. The van der Waals surface area contributed by atoms with Crippen LogP contribution in [0.1, 0.15) is 25.7 Å². The van der Waals surface area contributed by atoms with Gasteiger partial charge in [-0.3, -0.25) is 0 Å². The second-order valence-corrected chi connectivity index (χ2v) is 6.19. The van der Waals surface area contributed by atoms with Crippen molar-refractivity contribution in [3.8, 4) is 0 Å². The van der Waals surface area contributed by atoms with Gasteiger partial charge in [0.2, 0.25) is 0 Å². The summed E-state index contributed by atoms with van der Waals surface area (Å²) in [5, 5.41) is 1.28. The highest BCUT2D eigenvalue weighted by Crippen LogP contribution is 2.49. The minimum atomic E-state index is 0.888. The average molecular weight is 240 g/mol. The molecule has 2 heteroatoms. The van der Waals surface area contributed by atoms with E-state index < -0.39 is 0 Å². The molecule has 3 atom stereocenters. The van der Waals surface area contributed by atoms with Gasteiger partial charge in [0.15, 0.2) is 0 Å². The minimum absolute atomic E-state index is 0.888. The van der Waals surface area contributed by atoms with Crippen molar-refractivity contribution in [3.63, 3.8) is 0 Å².